The fraction of sp³-hybridized carbons (Fsp3) is 0.889. The largest absolute Gasteiger partial charge is 0.370 e. The highest BCUT2D eigenvalue weighted by Gasteiger charge is 2.22. The summed E-state index contributed by atoms with van der Waals surface area (Å²) in [5.41, 5.74) is 5.08. The molecule has 1 amide bonds. The van der Waals surface area contributed by atoms with Gasteiger partial charge in [0.25, 0.3) is 0 Å². The Morgan fingerprint density at radius 1 is 1.42 bits per heavy atom. The highest BCUT2D eigenvalue weighted by atomic mass is 35.5. The first-order valence-corrected chi connectivity index (χ1v) is 5.06. The Balaban J connectivity index is 2.29. The molecule has 1 fully saturated rings. The molecule has 1 unspecified atom stereocenters. The van der Waals surface area contributed by atoms with E-state index in [1.54, 1.807) is 0 Å². The summed E-state index contributed by atoms with van der Waals surface area (Å²) in [6, 6.07) is 0. The molecular weight excluding hydrogens is 174 g/mol. The number of rotatable bonds is 3. The predicted molar refractivity (Wildman–Crippen MR) is 50.0 cm³/mol. The maximum absolute atomic E-state index is 10.6. The maximum atomic E-state index is 10.6. The highest BCUT2D eigenvalue weighted by Crippen LogP contribution is 2.30. The molecule has 0 bridgehead atoms. The first kappa shape index (κ1) is 9.85. The average molecular weight is 190 g/mol. The van der Waals surface area contributed by atoms with E-state index in [0.717, 1.165) is 0 Å². The smallest absolute Gasteiger partial charge is 0.218 e. The van der Waals surface area contributed by atoms with E-state index in [9.17, 15) is 4.79 Å². The van der Waals surface area contributed by atoms with Crippen LogP contribution in [0.4, 0.5) is 0 Å². The topological polar surface area (TPSA) is 43.1 Å². The summed E-state index contributed by atoms with van der Waals surface area (Å²) in [6.07, 6.45) is 6.51. The summed E-state index contributed by atoms with van der Waals surface area (Å²) < 4.78 is 0. The van der Waals surface area contributed by atoms with Gasteiger partial charge >= 0.3 is 0 Å². The van der Waals surface area contributed by atoms with Crippen molar-refractivity contribution in [1.82, 2.24) is 0 Å². The van der Waals surface area contributed by atoms with Gasteiger partial charge in [-0.05, 0) is 18.8 Å². The monoisotopic (exact) mass is 189 g/mol. The van der Waals surface area contributed by atoms with E-state index >= 15 is 0 Å². The second-order valence-electron chi connectivity index (χ2n) is 3.58. The molecule has 0 aromatic carbocycles. The molecular formula is C9H16ClNO. The summed E-state index contributed by atoms with van der Waals surface area (Å²) in [5, 5.41) is -0.0252. The van der Waals surface area contributed by atoms with Gasteiger partial charge in [0.2, 0.25) is 5.91 Å². The minimum Gasteiger partial charge on any atom is -0.370 e. The molecule has 0 aromatic rings. The van der Waals surface area contributed by atoms with Crippen LogP contribution in [0.2, 0.25) is 0 Å². The van der Waals surface area contributed by atoms with Gasteiger partial charge < -0.3 is 5.73 Å². The summed E-state index contributed by atoms with van der Waals surface area (Å²) >= 11 is 6.05. The van der Waals surface area contributed by atoms with E-state index < -0.39 is 0 Å². The van der Waals surface area contributed by atoms with Crippen molar-refractivity contribution in [2.24, 2.45) is 11.7 Å². The Kier molecular flexibility index (Phi) is 3.86. The average Bonchev–Trinajstić information content (AvgIpc) is 2.05. The predicted octanol–water partition coefficient (Wildman–Crippen LogP) is 2.05. The van der Waals surface area contributed by atoms with Crippen LogP contribution in [0.15, 0.2) is 0 Å². The Morgan fingerprint density at radius 3 is 2.50 bits per heavy atom. The van der Waals surface area contributed by atoms with Gasteiger partial charge in [0.05, 0.1) is 0 Å². The molecule has 1 aliphatic carbocycles. The van der Waals surface area contributed by atoms with Gasteiger partial charge in [-0.15, -0.1) is 11.6 Å². The molecule has 0 spiro atoms. The van der Waals surface area contributed by atoms with E-state index in [1.807, 2.05) is 0 Å². The number of hydrogen-bond donors (Lipinski definition) is 1. The molecule has 1 saturated carbocycles. The fourth-order valence-electron chi connectivity index (χ4n) is 1.85. The Morgan fingerprint density at radius 2 is 2.00 bits per heavy atom. The van der Waals surface area contributed by atoms with Crippen molar-refractivity contribution in [2.45, 2.75) is 43.9 Å². The highest BCUT2D eigenvalue weighted by molar-refractivity contribution is 6.21. The van der Waals surface area contributed by atoms with Gasteiger partial charge in [-0.2, -0.15) is 0 Å². The molecule has 0 heterocycles. The fourth-order valence-corrected chi connectivity index (χ4v) is 2.26. The third kappa shape index (κ3) is 3.02. The van der Waals surface area contributed by atoms with Crippen LogP contribution < -0.4 is 5.73 Å². The van der Waals surface area contributed by atoms with Gasteiger partial charge in [-0.1, -0.05) is 19.3 Å². The first-order chi connectivity index (χ1) is 5.70. The number of primary amides is 1. The number of amides is 1. The van der Waals surface area contributed by atoms with Crippen LogP contribution in [-0.4, -0.2) is 11.3 Å². The van der Waals surface area contributed by atoms with Gasteiger partial charge in [0.1, 0.15) is 0 Å². The maximum Gasteiger partial charge on any atom is 0.218 e. The van der Waals surface area contributed by atoms with Gasteiger partial charge in [-0.3, -0.25) is 4.79 Å². The second kappa shape index (κ2) is 4.70. The SMILES string of the molecule is NC(=O)CC(Cl)C1CCCCC1. The van der Waals surface area contributed by atoms with Gasteiger partial charge in [0, 0.05) is 11.8 Å². The molecule has 0 radical (unpaired) electrons. The summed E-state index contributed by atoms with van der Waals surface area (Å²) in [4.78, 5) is 10.6. The zero-order valence-corrected chi connectivity index (χ0v) is 8.02. The zero-order chi connectivity index (χ0) is 8.97. The summed E-state index contributed by atoms with van der Waals surface area (Å²) in [6.45, 7) is 0. The number of alkyl halides is 1. The lowest BCUT2D eigenvalue weighted by Gasteiger charge is -2.25. The van der Waals surface area contributed by atoms with Gasteiger partial charge in [-0.25, -0.2) is 0 Å². The molecule has 12 heavy (non-hydrogen) atoms. The van der Waals surface area contributed by atoms with Crippen LogP contribution in [-0.2, 0) is 4.79 Å². The molecule has 0 aromatic heterocycles. The number of carbonyl (C=O) groups is 1. The molecule has 1 rings (SSSR count). The zero-order valence-electron chi connectivity index (χ0n) is 7.26. The lowest BCUT2D eigenvalue weighted by Crippen LogP contribution is -2.24. The molecule has 3 heteroatoms. The molecule has 0 aliphatic heterocycles. The number of nitrogens with two attached hydrogens (primary N) is 1. The Bertz CT molecular complexity index is 155. The molecule has 2 N–H and O–H groups in total. The summed E-state index contributed by atoms with van der Waals surface area (Å²) in [5.74, 6) is 0.244. The normalized spacial score (nSPS) is 22.1. The molecule has 1 atom stereocenters. The Labute approximate surface area is 78.5 Å². The van der Waals surface area contributed by atoms with Crippen molar-refractivity contribution in [2.75, 3.05) is 0 Å². The molecule has 1 aliphatic rings. The Hall–Kier alpha value is -0.240. The van der Waals surface area contributed by atoms with E-state index in [1.165, 1.54) is 32.1 Å². The number of hydrogen-bond acceptors (Lipinski definition) is 1. The number of carbonyl (C=O) groups excluding carboxylic acids is 1. The van der Waals surface area contributed by atoms with Crippen molar-refractivity contribution in [3.8, 4) is 0 Å². The van der Waals surface area contributed by atoms with E-state index in [4.69, 9.17) is 17.3 Å². The van der Waals surface area contributed by atoms with Crippen LogP contribution in [0.1, 0.15) is 38.5 Å². The van der Waals surface area contributed by atoms with E-state index in [0.29, 0.717) is 12.3 Å². The van der Waals surface area contributed by atoms with Crippen LogP contribution >= 0.6 is 11.6 Å². The van der Waals surface area contributed by atoms with Crippen molar-refractivity contribution in [3.63, 3.8) is 0 Å². The molecule has 70 valence electrons. The minimum atomic E-state index is -0.277. The third-order valence-corrected chi connectivity index (χ3v) is 3.07. The van der Waals surface area contributed by atoms with Gasteiger partial charge in [0.15, 0.2) is 0 Å². The lowest BCUT2D eigenvalue weighted by molar-refractivity contribution is -0.118. The second-order valence-corrected chi connectivity index (χ2v) is 4.15. The van der Waals surface area contributed by atoms with Crippen molar-refractivity contribution in [1.29, 1.82) is 0 Å². The third-order valence-electron chi connectivity index (χ3n) is 2.56. The van der Waals surface area contributed by atoms with Crippen molar-refractivity contribution < 1.29 is 4.79 Å². The lowest BCUT2D eigenvalue weighted by atomic mass is 9.86. The standard InChI is InChI=1S/C9H16ClNO/c10-8(6-9(11)12)7-4-2-1-3-5-7/h7-8H,1-6H2,(H2,11,12). The van der Waals surface area contributed by atoms with Crippen LogP contribution in [0.25, 0.3) is 0 Å². The number of halogens is 1. The van der Waals surface area contributed by atoms with E-state index in [2.05, 4.69) is 0 Å². The first-order valence-electron chi connectivity index (χ1n) is 4.62. The minimum absolute atomic E-state index is 0.0252. The molecule has 0 saturated heterocycles. The molecule has 2 nitrogen and oxygen atoms in total. The van der Waals surface area contributed by atoms with Crippen molar-refractivity contribution in [3.05, 3.63) is 0 Å². The van der Waals surface area contributed by atoms with Crippen LogP contribution in [0.5, 0.6) is 0 Å². The van der Waals surface area contributed by atoms with Crippen LogP contribution in [0.3, 0.4) is 0 Å². The van der Waals surface area contributed by atoms with E-state index in [-0.39, 0.29) is 11.3 Å². The summed E-state index contributed by atoms with van der Waals surface area (Å²) in [7, 11) is 0. The quantitative estimate of drug-likeness (QED) is 0.679. The van der Waals surface area contributed by atoms with Crippen molar-refractivity contribution >= 4 is 17.5 Å². The van der Waals surface area contributed by atoms with Crippen LogP contribution in [0, 0.1) is 5.92 Å².